The van der Waals surface area contributed by atoms with Crippen molar-refractivity contribution >= 4 is 5.91 Å². The Morgan fingerprint density at radius 3 is 2.95 bits per heavy atom. The van der Waals surface area contributed by atoms with Crippen molar-refractivity contribution in [3.63, 3.8) is 0 Å². The normalized spacial score (nSPS) is 10.5. The fraction of sp³-hybridized carbons (Fsp3) is 0.400. The highest BCUT2D eigenvalue weighted by molar-refractivity contribution is 5.76. The van der Waals surface area contributed by atoms with Crippen LogP contribution in [-0.4, -0.2) is 39.7 Å². The van der Waals surface area contributed by atoms with E-state index in [9.17, 15) is 9.90 Å². The highest BCUT2D eigenvalue weighted by atomic mass is 16.5. The van der Waals surface area contributed by atoms with Gasteiger partial charge in [-0.05, 0) is 18.6 Å². The van der Waals surface area contributed by atoms with E-state index in [-0.39, 0.29) is 19.1 Å². The van der Waals surface area contributed by atoms with Gasteiger partial charge in [0, 0.05) is 12.1 Å². The molecule has 0 aliphatic rings. The van der Waals surface area contributed by atoms with Gasteiger partial charge in [-0.3, -0.25) is 4.79 Å². The van der Waals surface area contributed by atoms with Crippen molar-refractivity contribution in [1.82, 2.24) is 20.3 Å². The molecule has 2 N–H and O–H groups in total. The molecule has 0 saturated heterocycles. The number of aromatic nitrogens is 3. The summed E-state index contributed by atoms with van der Waals surface area (Å²) in [6.07, 6.45) is 0.869. The van der Waals surface area contributed by atoms with Crippen molar-refractivity contribution in [2.45, 2.75) is 26.5 Å². The lowest BCUT2D eigenvalue weighted by atomic mass is 10.1. The van der Waals surface area contributed by atoms with E-state index in [0.717, 1.165) is 12.0 Å². The number of nitrogens with one attached hydrogen (secondary N) is 1. The number of carbonyl (C=O) groups is 1. The largest absolute Gasteiger partial charge is 0.497 e. The molecule has 7 heteroatoms. The number of methoxy groups -OCH3 is 1. The third-order valence-corrected chi connectivity index (χ3v) is 3.16. The maximum absolute atomic E-state index is 11.9. The van der Waals surface area contributed by atoms with Gasteiger partial charge in [0.2, 0.25) is 5.91 Å². The zero-order chi connectivity index (χ0) is 15.9. The van der Waals surface area contributed by atoms with Gasteiger partial charge < -0.3 is 15.2 Å². The molecule has 0 fully saturated rings. The maximum Gasteiger partial charge on any atom is 0.241 e. The molecule has 0 unspecified atom stereocenters. The number of aliphatic hydroxyl groups excluding tert-OH is 1. The van der Waals surface area contributed by atoms with Crippen LogP contribution in [0.3, 0.4) is 0 Å². The minimum atomic E-state index is -0.247. The quantitative estimate of drug-likeness (QED) is 0.795. The summed E-state index contributed by atoms with van der Waals surface area (Å²) >= 11 is 0. The first-order chi connectivity index (χ1) is 10.7. The van der Waals surface area contributed by atoms with E-state index in [1.165, 1.54) is 4.68 Å². The molecule has 0 spiro atoms. The first-order valence-corrected chi connectivity index (χ1v) is 7.14. The molecule has 2 aromatic rings. The van der Waals surface area contributed by atoms with Crippen molar-refractivity contribution in [3.8, 4) is 17.0 Å². The Balaban J connectivity index is 2.32. The minimum Gasteiger partial charge on any atom is -0.497 e. The van der Waals surface area contributed by atoms with Crippen molar-refractivity contribution in [1.29, 1.82) is 0 Å². The Hall–Kier alpha value is -2.41. The molecular weight excluding hydrogens is 284 g/mol. The molecule has 22 heavy (non-hydrogen) atoms. The highest BCUT2D eigenvalue weighted by Crippen LogP contribution is 2.26. The number of aliphatic hydroxyl groups is 1. The molecule has 0 bridgehead atoms. The molecule has 0 aliphatic heterocycles. The molecule has 1 amide bonds. The Labute approximate surface area is 128 Å². The number of benzene rings is 1. The summed E-state index contributed by atoms with van der Waals surface area (Å²) in [6.45, 7) is 2.42. The van der Waals surface area contributed by atoms with Crippen molar-refractivity contribution in [3.05, 3.63) is 30.0 Å². The average molecular weight is 304 g/mol. The molecule has 0 radical (unpaired) electrons. The van der Waals surface area contributed by atoms with E-state index in [2.05, 4.69) is 15.6 Å². The predicted molar refractivity (Wildman–Crippen MR) is 81.2 cm³/mol. The molecule has 0 atom stereocenters. The van der Waals surface area contributed by atoms with Gasteiger partial charge in [-0.2, -0.15) is 0 Å². The van der Waals surface area contributed by atoms with Gasteiger partial charge in [-0.25, -0.2) is 4.68 Å². The van der Waals surface area contributed by atoms with Gasteiger partial charge in [0.1, 0.15) is 18.0 Å². The molecule has 1 aromatic carbocycles. The molecule has 1 heterocycles. The van der Waals surface area contributed by atoms with Gasteiger partial charge in [0.05, 0.1) is 19.4 Å². The van der Waals surface area contributed by atoms with E-state index in [1.54, 1.807) is 7.11 Å². The second-order valence-electron chi connectivity index (χ2n) is 4.78. The molecular formula is C15H20N4O3. The van der Waals surface area contributed by atoms with Crippen LogP contribution in [0.5, 0.6) is 5.75 Å². The summed E-state index contributed by atoms with van der Waals surface area (Å²) in [4.78, 5) is 11.9. The summed E-state index contributed by atoms with van der Waals surface area (Å²) in [5.41, 5.74) is 1.83. The average Bonchev–Trinajstić information content (AvgIpc) is 2.95. The molecule has 7 nitrogen and oxygen atoms in total. The lowest BCUT2D eigenvalue weighted by molar-refractivity contribution is -0.121. The number of hydrogen-bond donors (Lipinski definition) is 2. The number of hydrogen-bond acceptors (Lipinski definition) is 5. The van der Waals surface area contributed by atoms with Gasteiger partial charge in [-0.15, -0.1) is 5.10 Å². The highest BCUT2D eigenvalue weighted by Gasteiger charge is 2.16. The smallest absolute Gasteiger partial charge is 0.241 e. The number of nitrogens with zero attached hydrogens (tertiary/aromatic N) is 3. The third-order valence-electron chi connectivity index (χ3n) is 3.16. The first-order valence-electron chi connectivity index (χ1n) is 7.14. The van der Waals surface area contributed by atoms with E-state index < -0.39 is 0 Å². The van der Waals surface area contributed by atoms with Crippen LogP contribution in [0.1, 0.15) is 19.0 Å². The Kier molecular flexibility index (Phi) is 5.48. The summed E-state index contributed by atoms with van der Waals surface area (Å²) in [5.74, 6) is 0.546. The molecule has 1 aromatic heterocycles. The van der Waals surface area contributed by atoms with Crippen LogP contribution in [0.25, 0.3) is 11.3 Å². The number of rotatable bonds is 7. The Bertz CT molecular complexity index is 639. The summed E-state index contributed by atoms with van der Waals surface area (Å²) in [6, 6.07) is 7.34. The van der Waals surface area contributed by atoms with Crippen molar-refractivity contribution < 1.29 is 14.6 Å². The summed E-state index contributed by atoms with van der Waals surface area (Å²) < 4.78 is 6.70. The summed E-state index contributed by atoms with van der Waals surface area (Å²) in [7, 11) is 1.58. The zero-order valence-corrected chi connectivity index (χ0v) is 12.7. The third kappa shape index (κ3) is 3.62. The predicted octanol–water partition coefficient (Wildman–Crippen LogP) is 0.972. The minimum absolute atomic E-state index is 0.0551. The van der Waals surface area contributed by atoms with Gasteiger partial charge in [-0.1, -0.05) is 24.3 Å². The number of ether oxygens (including phenoxy) is 1. The standard InChI is InChI=1S/C15H20N4O3/c1-3-7-16-14(21)9-19-15(13(10-20)17-18-19)11-5-4-6-12(8-11)22-2/h4-6,8,20H,3,7,9-10H2,1-2H3,(H,16,21). The second kappa shape index (κ2) is 7.56. The summed E-state index contributed by atoms with van der Waals surface area (Å²) in [5, 5.41) is 20.2. The van der Waals surface area contributed by atoms with Crippen LogP contribution in [0, 0.1) is 0 Å². The van der Waals surface area contributed by atoms with Crippen LogP contribution in [0.15, 0.2) is 24.3 Å². The topological polar surface area (TPSA) is 89.3 Å². The van der Waals surface area contributed by atoms with Crippen LogP contribution in [0.4, 0.5) is 0 Å². The Morgan fingerprint density at radius 2 is 2.27 bits per heavy atom. The number of amides is 1. The molecule has 118 valence electrons. The van der Waals surface area contributed by atoms with Crippen LogP contribution in [0.2, 0.25) is 0 Å². The fourth-order valence-electron chi connectivity index (χ4n) is 2.11. The Morgan fingerprint density at radius 1 is 1.45 bits per heavy atom. The van der Waals surface area contributed by atoms with Crippen molar-refractivity contribution in [2.24, 2.45) is 0 Å². The van der Waals surface area contributed by atoms with E-state index >= 15 is 0 Å². The number of carbonyl (C=O) groups excluding carboxylic acids is 1. The van der Waals surface area contributed by atoms with Gasteiger partial charge >= 0.3 is 0 Å². The lowest BCUT2D eigenvalue weighted by Gasteiger charge is -2.09. The lowest BCUT2D eigenvalue weighted by Crippen LogP contribution is -2.28. The van der Waals surface area contributed by atoms with E-state index in [0.29, 0.717) is 23.7 Å². The molecule has 2 rings (SSSR count). The molecule has 0 aliphatic carbocycles. The maximum atomic E-state index is 11.9. The van der Waals surface area contributed by atoms with Crippen LogP contribution in [-0.2, 0) is 17.9 Å². The van der Waals surface area contributed by atoms with Gasteiger partial charge in [0.25, 0.3) is 0 Å². The SMILES string of the molecule is CCCNC(=O)Cn1nnc(CO)c1-c1cccc(OC)c1. The fourth-order valence-corrected chi connectivity index (χ4v) is 2.11. The first kappa shape index (κ1) is 16.0. The molecule has 0 saturated carbocycles. The van der Waals surface area contributed by atoms with Crippen molar-refractivity contribution in [2.75, 3.05) is 13.7 Å². The van der Waals surface area contributed by atoms with E-state index in [4.69, 9.17) is 4.74 Å². The zero-order valence-electron chi connectivity index (χ0n) is 12.7. The van der Waals surface area contributed by atoms with Crippen LogP contribution >= 0.6 is 0 Å². The van der Waals surface area contributed by atoms with Crippen LogP contribution < -0.4 is 10.1 Å². The van der Waals surface area contributed by atoms with Gasteiger partial charge in [0.15, 0.2) is 0 Å². The van der Waals surface area contributed by atoms with E-state index in [1.807, 2.05) is 31.2 Å². The monoisotopic (exact) mass is 304 g/mol. The second-order valence-corrected chi connectivity index (χ2v) is 4.78.